The Bertz CT molecular complexity index is 697. The van der Waals surface area contributed by atoms with Crippen molar-refractivity contribution in [2.75, 3.05) is 19.7 Å². The lowest BCUT2D eigenvalue weighted by Gasteiger charge is -2.17. The van der Waals surface area contributed by atoms with Gasteiger partial charge in [0.25, 0.3) is 5.91 Å². The predicted octanol–water partition coefficient (Wildman–Crippen LogP) is 3.63. The molecule has 0 aromatic heterocycles. The van der Waals surface area contributed by atoms with Crippen molar-refractivity contribution in [1.82, 2.24) is 10.2 Å². The van der Waals surface area contributed by atoms with Gasteiger partial charge < -0.3 is 15.0 Å². The second kappa shape index (κ2) is 8.88. The van der Waals surface area contributed by atoms with Crippen molar-refractivity contribution < 1.29 is 9.53 Å². The summed E-state index contributed by atoms with van der Waals surface area (Å²) in [6.45, 7) is 3.24. The standard InChI is InChI=1S/C20H23ClN2O2/c21-18-9-7-16(8-10-18)13-22-14-17-5-1-2-6-19(17)25-15-20(24)23-11-3-4-12-23/h1-2,5-10,22H,3-4,11-15H2. The lowest BCUT2D eigenvalue weighted by Crippen LogP contribution is -2.32. The summed E-state index contributed by atoms with van der Waals surface area (Å²) in [5.41, 5.74) is 2.22. The lowest BCUT2D eigenvalue weighted by molar-refractivity contribution is -0.132. The van der Waals surface area contributed by atoms with Crippen molar-refractivity contribution in [2.24, 2.45) is 0 Å². The second-order valence-electron chi connectivity index (χ2n) is 6.21. The van der Waals surface area contributed by atoms with Crippen LogP contribution >= 0.6 is 11.6 Å². The van der Waals surface area contributed by atoms with Crippen molar-refractivity contribution >= 4 is 17.5 Å². The van der Waals surface area contributed by atoms with Gasteiger partial charge in [-0.15, -0.1) is 0 Å². The van der Waals surface area contributed by atoms with Crippen LogP contribution in [0.1, 0.15) is 24.0 Å². The Labute approximate surface area is 153 Å². The molecule has 4 nitrogen and oxygen atoms in total. The van der Waals surface area contributed by atoms with Gasteiger partial charge >= 0.3 is 0 Å². The molecule has 1 aliphatic rings. The average Bonchev–Trinajstić information content (AvgIpc) is 3.17. The zero-order valence-electron chi connectivity index (χ0n) is 14.2. The van der Waals surface area contributed by atoms with Crippen molar-refractivity contribution in [3.63, 3.8) is 0 Å². The van der Waals surface area contributed by atoms with Gasteiger partial charge in [-0.2, -0.15) is 0 Å². The third-order valence-corrected chi connectivity index (χ3v) is 4.59. The van der Waals surface area contributed by atoms with E-state index in [0.29, 0.717) is 6.54 Å². The average molecular weight is 359 g/mol. The van der Waals surface area contributed by atoms with Gasteiger partial charge in [0.2, 0.25) is 0 Å². The SMILES string of the molecule is O=C(COc1ccccc1CNCc1ccc(Cl)cc1)N1CCCC1. The van der Waals surface area contributed by atoms with Crippen LogP contribution in [0.3, 0.4) is 0 Å². The molecular formula is C20H23ClN2O2. The van der Waals surface area contributed by atoms with Gasteiger partial charge in [-0.3, -0.25) is 4.79 Å². The van der Waals surface area contributed by atoms with Crippen LogP contribution in [0.5, 0.6) is 5.75 Å². The van der Waals surface area contributed by atoms with Crippen LogP contribution in [0.15, 0.2) is 48.5 Å². The maximum Gasteiger partial charge on any atom is 0.260 e. The van der Waals surface area contributed by atoms with Crippen molar-refractivity contribution in [1.29, 1.82) is 0 Å². The molecule has 25 heavy (non-hydrogen) atoms. The summed E-state index contributed by atoms with van der Waals surface area (Å²) in [5, 5.41) is 4.14. The Morgan fingerprint density at radius 1 is 1.04 bits per heavy atom. The number of halogens is 1. The molecule has 2 aromatic carbocycles. The number of hydrogen-bond acceptors (Lipinski definition) is 3. The van der Waals surface area contributed by atoms with E-state index in [1.54, 1.807) is 0 Å². The number of para-hydroxylation sites is 1. The number of amides is 1. The first kappa shape index (κ1) is 17.8. The van der Waals surface area contributed by atoms with Gasteiger partial charge in [0.05, 0.1) is 0 Å². The normalized spacial score (nSPS) is 13.9. The van der Waals surface area contributed by atoms with E-state index < -0.39 is 0 Å². The number of nitrogens with zero attached hydrogens (tertiary/aromatic N) is 1. The molecule has 1 aliphatic heterocycles. The smallest absolute Gasteiger partial charge is 0.260 e. The van der Waals surface area contributed by atoms with Crippen LogP contribution in [0.4, 0.5) is 0 Å². The van der Waals surface area contributed by atoms with Gasteiger partial charge in [-0.05, 0) is 36.6 Å². The van der Waals surface area contributed by atoms with E-state index in [1.807, 2.05) is 53.4 Å². The van der Waals surface area contributed by atoms with Crippen LogP contribution in [0.2, 0.25) is 5.02 Å². The summed E-state index contributed by atoms with van der Waals surface area (Å²) in [5.74, 6) is 0.833. The maximum atomic E-state index is 12.1. The van der Waals surface area contributed by atoms with Crippen LogP contribution in [0.25, 0.3) is 0 Å². The minimum absolute atomic E-state index is 0.0708. The summed E-state index contributed by atoms with van der Waals surface area (Å²) in [7, 11) is 0. The molecule has 0 unspecified atom stereocenters. The molecular weight excluding hydrogens is 336 g/mol. The molecule has 1 N–H and O–H groups in total. The third kappa shape index (κ3) is 5.21. The number of likely N-dealkylation sites (tertiary alicyclic amines) is 1. The molecule has 0 radical (unpaired) electrons. The third-order valence-electron chi connectivity index (χ3n) is 4.34. The summed E-state index contributed by atoms with van der Waals surface area (Å²) in [4.78, 5) is 14.0. The number of ether oxygens (including phenoxy) is 1. The summed E-state index contributed by atoms with van der Waals surface area (Å²) < 4.78 is 5.78. The van der Waals surface area contributed by atoms with Crippen molar-refractivity contribution in [3.8, 4) is 5.75 Å². The van der Waals surface area contributed by atoms with E-state index in [2.05, 4.69) is 5.32 Å². The molecule has 1 fully saturated rings. The quantitative estimate of drug-likeness (QED) is 0.821. The Kier molecular flexibility index (Phi) is 6.31. The molecule has 1 saturated heterocycles. The van der Waals surface area contributed by atoms with E-state index in [4.69, 9.17) is 16.3 Å². The molecule has 3 rings (SSSR count). The number of benzene rings is 2. The van der Waals surface area contributed by atoms with E-state index >= 15 is 0 Å². The Balaban J connectivity index is 1.51. The Morgan fingerprint density at radius 3 is 2.52 bits per heavy atom. The second-order valence-corrected chi connectivity index (χ2v) is 6.65. The minimum atomic E-state index is 0.0708. The van der Waals surface area contributed by atoms with Crippen molar-refractivity contribution in [3.05, 3.63) is 64.7 Å². The maximum absolute atomic E-state index is 12.1. The molecule has 0 saturated carbocycles. The van der Waals surface area contributed by atoms with Crippen LogP contribution in [-0.2, 0) is 17.9 Å². The van der Waals surface area contributed by atoms with Crippen molar-refractivity contribution in [2.45, 2.75) is 25.9 Å². The van der Waals surface area contributed by atoms with Gasteiger partial charge in [-0.25, -0.2) is 0 Å². The number of rotatable bonds is 7. The number of nitrogens with one attached hydrogen (secondary N) is 1. The summed E-state index contributed by atoms with van der Waals surface area (Å²) in [6.07, 6.45) is 2.19. The molecule has 132 valence electrons. The fourth-order valence-corrected chi connectivity index (χ4v) is 3.06. The highest BCUT2D eigenvalue weighted by Gasteiger charge is 2.18. The highest BCUT2D eigenvalue weighted by Crippen LogP contribution is 2.18. The zero-order valence-corrected chi connectivity index (χ0v) is 15.0. The Hall–Kier alpha value is -2.04. The van der Waals surface area contributed by atoms with Gasteiger partial charge in [0.1, 0.15) is 5.75 Å². The largest absolute Gasteiger partial charge is 0.483 e. The molecule has 0 aliphatic carbocycles. The van der Waals surface area contributed by atoms with E-state index in [9.17, 15) is 4.79 Å². The summed E-state index contributed by atoms with van der Waals surface area (Å²) >= 11 is 5.90. The first-order valence-electron chi connectivity index (χ1n) is 8.66. The molecule has 0 bridgehead atoms. The number of carbonyl (C=O) groups is 1. The van der Waals surface area contributed by atoms with Crippen LogP contribution in [-0.4, -0.2) is 30.5 Å². The first-order chi connectivity index (χ1) is 12.2. The van der Waals surface area contributed by atoms with Gasteiger partial charge in [0, 0.05) is 36.8 Å². The topological polar surface area (TPSA) is 41.6 Å². The van der Waals surface area contributed by atoms with Gasteiger partial charge in [0.15, 0.2) is 6.61 Å². The fraction of sp³-hybridized carbons (Fsp3) is 0.350. The highest BCUT2D eigenvalue weighted by molar-refractivity contribution is 6.30. The van der Waals surface area contributed by atoms with Crippen LogP contribution in [0, 0.1) is 0 Å². The Morgan fingerprint density at radius 2 is 1.76 bits per heavy atom. The molecule has 0 atom stereocenters. The molecule has 1 amide bonds. The monoisotopic (exact) mass is 358 g/mol. The summed E-state index contributed by atoms with van der Waals surface area (Å²) in [6, 6.07) is 15.6. The first-order valence-corrected chi connectivity index (χ1v) is 9.04. The molecule has 2 aromatic rings. The number of hydrogen-bond donors (Lipinski definition) is 1. The fourth-order valence-electron chi connectivity index (χ4n) is 2.93. The zero-order chi connectivity index (χ0) is 17.5. The molecule has 0 spiro atoms. The molecule has 5 heteroatoms. The number of carbonyl (C=O) groups excluding carboxylic acids is 1. The van der Waals surface area contributed by atoms with E-state index in [-0.39, 0.29) is 12.5 Å². The van der Waals surface area contributed by atoms with Crippen LogP contribution < -0.4 is 10.1 Å². The molecule has 1 heterocycles. The van der Waals surface area contributed by atoms with E-state index in [1.165, 1.54) is 5.56 Å². The minimum Gasteiger partial charge on any atom is -0.483 e. The highest BCUT2D eigenvalue weighted by atomic mass is 35.5. The van der Waals surface area contributed by atoms with E-state index in [0.717, 1.165) is 48.8 Å². The van der Waals surface area contributed by atoms with Gasteiger partial charge in [-0.1, -0.05) is 41.9 Å². The predicted molar refractivity (Wildman–Crippen MR) is 99.7 cm³/mol. The lowest BCUT2D eigenvalue weighted by atomic mass is 10.2.